The van der Waals surface area contributed by atoms with E-state index in [0.29, 0.717) is 6.42 Å². The fourth-order valence-electron chi connectivity index (χ4n) is 2.39. The highest BCUT2D eigenvalue weighted by molar-refractivity contribution is 5.70. The molecule has 0 saturated carbocycles. The van der Waals surface area contributed by atoms with Crippen LogP contribution >= 0.6 is 0 Å². The third-order valence-corrected chi connectivity index (χ3v) is 3.14. The van der Waals surface area contributed by atoms with E-state index in [9.17, 15) is 9.59 Å². The van der Waals surface area contributed by atoms with Crippen molar-refractivity contribution < 1.29 is 19.1 Å². The highest BCUT2D eigenvalue weighted by atomic mass is 16.6. The van der Waals surface area contributed by atoms with E-state index < -0.39 is 11.3 Å². The number of allylic oxidation sites excluding steroid dienone is 1. The molecule has 0 spiro atoms. The lowest BCUT2D eigenvalue weighted by Crippen LogP contribution is -2.49. The Morgan fingerprint density at radius 2 is 2.00 bits per heavy atom. The van der Waals surface area contributed by atoms with E-state index in [1.54, 1.807) is 11.0 Å². The number of ether oxygens (including phenoxy) is 2. The molecule has 0 N–H and O–H groups in total. The molecule has 5 nitrogen and oxygen atoms in total. The second kappa shape index (κ2) is 5.95. The van der Waals surface area contributed by atoms with Crippen molar-refractivity contribution in [2.45, 2.75) is 71.4 Å². The van der Waals surface area contributed by atoms with E-state index in [1.165, 1.54) is 6.08 Å². The van der Waals surface area contributed by atoms with Crippen LogP contribution in [0, 0.1) is 0 Å². The van der Waals surface area contributed by atoms with Crippen molar-refractivity contribution in [2.75, 3.05) is 0 Å². The average Bonchev–Trinajstić information content (AvgIpc) is 2.46. The van der Waals surface area contributed by atoms with Crippen molar-refractivity contribution in [1.29, 1.82) is 0 Å². The number of nitrogens with zero attached hydrogens (tertiary/aromatic N) is 1. The van der Waals surface area contributed by atoms with Crippen molar-refractivity contribution in [2.24, 2.45) is 0 Å². The molecule has 0 radical (unpaired) electrons. The predicted molar refractivity (Wildman–Crippen MR) is 76.3 cm³/mol. The lowest BCUT2D eigenvalue weighted by molar-refractivity contribution is -0.104. The standard InChI is InChI=1S/C15H25NO4/c1-11-12(9-7-8-10-17)19-15(5,6)16(11)13(18)20-14(2,3)4/h7-8,10-12H,9H2,1-6H3/b8-7+/t11-,12-/m0/s1. The van der Waals surface area contributed by atoms with E-state index >= 15 is 0 Å². The summed E-state index contributed by atoms with van der Waals surface area (Å²) >= 11 is 0. The molecule has 1 amide bonds. The van der Waals surface area contributed by atoms with Crippen LogP contribution in [0.1, 0.15) is 48.0 Å². The first-order valence-electron chi connectivity index (χ1n) is 6.89. The molecule has 0 aromatic carbocycles. The van der Waals surface area contributed by atoms with Gasteiger partial charge in [-0.15, -0.1) is 0 Å². The first-order valence-corrected chi connectivity index (χ1v) is 6.89. The molecule has 0 aromatic heterocycles. The number of hydrogen-bond acceptors (Lipinski definition) is 4. The van der Waals surface area contributed by atoms with Gasteiger partial charge in [-0.25, -0.2) is 4.79 Å². The number of aldehydes is 1. The summed E-state index contributed by atoms with van der Waals surface area (Å²) in [6, 6.07) is -0.115. The van der Waals surface area contributed by atoms with Crippen LogP contribution in [0.25, 0.3) is 0 Å². The number of rotatable bonds is 3. The second-order valence-corrected chi connectivity index (χ2v) is 6.49. The van der Waals surface area contributed by atoms with Crippen molar-refractivity contribution in [3.63, 3.8) is 0 Å². The summed E-state index contributed by atoms with van der Waals surface area (Å²) in [6.07, 6.45) is 3.99. The van der Waals surface area contributed by atoms with Crippen LogP contribution in [0.15, 0.2) is 12.2 Å². The largest absolute Gasteiger partial charge is 0.444 e. The Morgan fingerprint density at radius 3 is 2.50 bits per heavy atom. The molecule has 0 aromatic rings. The zero-order chi connectivity index (χ0) is 15.6. The monoisotopic (exact) mass is 283 g/mol. The van der Waals surface area contributed by atoms with Crippen LogP contribution in [0.3, 0.4) is 0 Å². The van der Waals surface area contributed by atoms with Crippen molar-refractivity contribution in [3.8, 4) is 0 Å². The molecular weight excluding hydrogens is 258 g/mol. The number of carbonyl (C=O) groups excluding carboxylic acids is 2. The topological polar surface area (TPSA) is 55.8 Å². The van der Waals surface area contributed by atoms with Gasteiger partial charge in [0.05, 0.1) is 12.1 Å². The molecule has 0 bridgehead atoms. The zero-order valence-corrected chi connectivity index (χ0v) is 13.2. The zero-order valence-electron chi connectivity index (χ0n) is 13.2. The van der Waals surface area contributed by atoms with Gasteiger partial charge < -0.3 is 9.47 Å². The minimum atomic E-state index is -0.721. The van der Waals surface area contributed by atoms with Crippen LogP contribution in [0.2, 0.25) is 0 Å². The quantitative estimate of drug-likeness (QED) is 0.590. The average molecular weight is 283 g/mol. The molecule has 1 saturated heterocycles. The third kappa shape index (κ3) is 4.07. The maximum Gasteiger partial charge on any atom is 0.412 e. The van der Waals surface area contributed by atoms with E-state index in [2.05, 4.69) is 0 Å². The SMILES string of the molecule is C[C@H]1[C@H](C/C=C/C=O)OC(C)(C)N1C(=O)OC(C)(C)C. The minimum Gasteiger partial charge on any atom is -0.444 e. The molecule has 1 aliphatic heterocycles. The van der Waals surface area contributed by atoms with Crippen LogP contribution < -0.4 is 0 Å². The number of amides is 1. The molecule has 1 fully saturated rings. The lowest BCUT2D eigenvalue weighted by atomic mass is 10.1. The molecule has 1 aliphatic rings. The molecule has 1 heterocycles. The normalized spacial score (nSPS) is 26.0. The van der Waals surface area contributed by atoms with Gasteiger partial charge in [-0.3, -0.25) is 9.69 Å². The molecule has 5 heteroatoms. The van der Waals surface area contributed by atoms with Gasteiger partial charge >= 0.3 is 6.09 Å². The summed E-state index contributed by atoms with van der Waals surface area (Å²) in [7, 11) is 0. The van der Waals surface area contributed by atoms with E-state index in [1.807, 2.05) is 41.5 Å². The maximum atomic E-state index is 12.3. The summed E-state index contributed by atoms with van der Waals surface area (Å²) < 4.78 is 11.3. The molecule has 2 atom stereocenters. The van der Waals surface area contributed by atoms with Crippen molar-refractivity contribution in [3.05, 3.63) is 12.2 Å². The summed E-state index contributed by atoms with van der Waals surface area (Å²) in [4.78, 5) is 24.2. The van der Waals surface area contributed by atoms with E-state index in [0.717, 1.165) is 6.29 Å². The van der Waals surface area contributed by atoms with Gasteiger partial charge in [0, 0.05) is 0 Å². The fourth-order valence-corrected chi connectivity index (χ4v) is 2.39. The van der Waals surface area contributed by atoms with Gasteiger partial charge in [0.25, 0.3) is 0 Å². The Bertz CT molecular complexity index is 395. The molecule has 0 unspecified atom stereocenters. The Labute approximate surface area is 120 Å². The van der Waals surface area contributed by atoms with Crippen LogP contribution in [0.4, 0.5) is 4.79 Å². The first-order chi connectivity index (χ1) is 9.08. The van der Waals surface area contributed by atoms with Crippen molar-refractivity contribution >= 4 is 12.4 Å². The Hall–Kier alpha value is -1.36. The van der Waals surface area contributed by atoms with Crippen LogP contribution in [-0.4, -0.2) is 40.8 Å². The van der Waals surface area contributed by atoms with Gasteiger partial charge in [0.2, 0.25) is 0 Å². The van der Waals surface area contributed by atoms with Gasteiger partial charge in [-0.1, -0.05) is 6.08 Å². The van der Waals surface area contributed by atoms with Gasteiger partial charge in [0.15, 0.2) is 0 Å². The highest BCUT2D eigenvalue weighted by Gasteiger charge is 2.48. The van der Waals surface area contributed by atoms with Crippen LogP contribution in [0.5, 0.6) is 0 Å². The minimum absolute atomic E-state index is 0.115. The Kier molecular flexibility index (Phi) is 4.97. The molecule has 0 aliphatic carbocycles. The van der Waals surface area contributed by atoms with Crippen molar-refractivity contribution in [1.82, 2.24) is 4.90 Å². The van der Waals surface area contributed by atoms with Gasteiger partial charge in [-0.2, -0.15) is 0 Å². The second-order valence-electron chi connectivity index (χ2n) is 6.49. The molecule has 114 valence electrons. The molecular formula is C15H25NO4. The van der Waals surface area contributed by atoms with E-state index in [4.69, 9.17) is 9.47 Å². The molecule has 1 rings (SSSR count). The van der Waals surface area contributed by atoms with Crippen LogP contribution in [-0.2, 0) is 14.3 Å². The summed E-state index contributed by atoms with van der Waals surface area (Å²) in [5.74, 6) is 0. The number of carbonyl (C=O) groups is 2. The third-order valence-electron chi connectivity index (χ3n) is 3.14. The molecule has 20 heavy (non-hydrogen) atoms. The lowest BCUT2D eigenvalue weighted by Gasteiger charge is -2.34. The first kappa shape index (κ1) is 16.7. The Morgan fingerprint density at radius 1 is 1.40 bits per heavy atom. The van der Waals surface area contributed by atoms with E-state index in [-0.39, 0.29) is 18.2 Å². The predicted octanol–water partition coefficient (Wildman–Crippen LogP) is 2.89. The summed E-state index contributed by atoms with van der Waals surface area (Å²) in [5, 5.41) is 0. The van der Waals surface area contributed by atoms with Gasteiger partial charge in [-0.05, 0) is 54.0 Å². The van der Waals surface area contributed by atoms with Gasteiger partial charge in [0.1, 0.15) is 17.6 Å². The highest BCUT2D eigenvalue weighted by Crippen LogP contribution is 2.34. The number of hydrogen-bond donors (Lipinski definition) is 0. The maximum absolute atomic E-state index is 12.3. The summed E-state index contributed by atoms with van der Waals surface area (Å²) in [5.41, 5.74) is -1.26. The summed E-state index contributed by atoms with van der Waals surface area (Å²) in [6.45, 7) is 11.1. The smallest absolute Gasteiger partial charge is 0.412 e. The fraction of sp³-hybridized carbons (Fsp3) is 0.733. The Balaban J connectivity index is 2.82.